The Morgan fingerprint density at radius 2 is 2.03 bits per heavy atom. The summed E-state index contributed by atoms with van der Waals surface area (Å²) in [7, 11) is 1.68. The Labute approximate surface area is 175 Å². The van der Waals surface area contributed by atoms with Crippen LogP contribution >= 0.6 is 0 Å². The Bertz CT molecular complexity index is 1150. The van der Waals surface area contributed by atoms with E-state index in [4.69, 9.17) is 4.74 Å². The summed E-state index contributed by atoms with van der Waals surface area (Å²) >= 11 is 0. The molecule has 2 aromatic heterocycles. The van der Waals surface area contributed by atoms with Gasteiger partial charge in [0.15, 0.2) is 0 Å². The highest BCUT2D eigenvalue weighted by atomic mass is 16.5. The topological polar surface area (TPSA) is 69.8 Å². The Balaban J connectivity index is 1.39. The maximum absolute atomic E-state index is 5.63. The lowest BCUT2D eigenvalue weighted by molar-refractivity contribution is 0.413. The molecular weight excluding hydrogens is 376 g/mol. The van der Waals surface area contributed by atoms with Crippen molar-refractivity contribution in [3.05, 3.63) is 72.4 Å². The van der Waals surface area contributed by atoms with Crippen LogP contribution in [0.4, 0.5) is 5.69 Å². The van der Waals surface area contributed by atoms with Crippen molar-refractivity contribution in [2.24, 2.45) is 0 Å². The fourth-order valence-corrected chi connectivity index (χ4v) is 3.98. The molecule has 1 atom stereocenters. The first kappa shape index (κ1) is 18.4. The monoisotopic (exact) mass is 400 g/mol. The molecule has 4 aromatic rings. The van der Waals surface area contributed by atoms with Gasteiger partial charge >= 0.3 is 0 Å². The molecule has 2 aromatic carbocycles. The molecule has 0 radical (unpaired) electrons. The van der Waals surface area contributed by atoms with E-state index in [0.29, 0.717) is 0 Å². The van der Waals surface area contributed by atoms with Crippen LogP contribution in [-0.4, -0.2) is 38.2 Å². The molecule has 7 nitrogen and oxygen atoms in total. The van der Waals surface area contributed by atoms with E-state index >= 15 is 0 Å². The highest BCUT2D eigenvalue weighted by Crippen LogP contribution is 2.30. The SMILES string of the molecule is COc1cc(-c2cn(C3CCc4ccccc4NC3)nn2)ccc1-n1cnc(C)c1. The fraction of sp³-hybridized carbons (Fsp3) is 0.261. The Morgan fingerprint density at radius 3 is 2.87 bits per heavy atom. The molecule has 5 rings (SSSR count). The van der Waals surface area contributed by atoms with Crippen molar-refractivity contribution in [1.82, 2.24) is 24.5 Å². The number of aryl methyl sites for hydroxylation is 2. The van der Waals surface area contributed by atoms with Crippen LogP contribution in [0.3, 0.4) is 0 Å². The summed E-state index contributed by atoms with van der Waals surface area (Å²) in [5.74, 6) is 0.769. The zero-order valence-electron chi connectivity index (χ0n) is 17.1. The van der Waals surface area contributed by atoms with Gasteiger partial charge in [-0.3, -0.25) is 0 Å². The van der Waals surface area contributed by atoms with E-state index in [2.05, 4.69) is 44.9 Å². The predicted molar refractivity (Wildman–Crippen MR) is 116 cm³/mol. The van der Waals surface area contributed by atoms with Crippen LogP contribution in [0.15, 0.2) is 61.2 Å². The summed E-state index contributed by atoms with van der Waals surface area (Å²) in [5.41, 5.74) is 6.29. The largest absolute Gasteiger partial charge is 0.495 e. The number of anilines is 1. The Hall–Kier alpha value is -3.61. The molecule has 0 saturated heterocycles. The molecular formula is C23H24N6O. The third-order valence-corrected chi connectivity index (χ3v) is 5.64. The van der Waals surface area contributed by atoms with Crippen molar-refractivity contribution in [3.8, 4) is 22.7 Å². The van der Waals surface area contributed by atoms with Crippen molar-refractivity contribution in [1.29, 1.82) is 0 Å². The van der Waals surface area contributed by atoms with Gasteiger partial charge in [-0.1, -0.05) is 29.5 Å². The standard InChI is InChI=1S/C23H24N6O/c1-16-13-28(15-25-16)22-10-8-18(11-23(22)30-2)21-14-29(27-26-21)19-9-7-17-5-3-4-6-20(17)24-12-19/h3-6,8,10-11,13-15,19,24H,7,9,12H2,1-2H3. The normalized spacial score (nSPS) is 15.9. The zero-order chi connectivity index (χ0) is 20.5. The lowest BCUT2D eigenvalue weighted by atomic mass is 10.1. The molecule has 0 saturated carbocycles. The average molecular weight is 400 g/mol. The average Bonchev–Trinajstić information content (AvgIpc) is 3.38. The number of nitrogens with one attached hydrogen (secondary N) is 1. The van der Waals surface area contributed by atoms with Crippen LogP contribution in [0, 0.1) is 6.92 Å². The number of aromatic nitrogens is 5. The number of nitrogens with zero attached hydrogens (tertiary/aromatic N) is 5. The molecule has 152 valence electrons. The first-order valence-electron chi connectivity index (χ1n) is 10.1. The van der Waals surface area contributed by atoms with Crippen molar-refractivity contribution < 1.29 is 4.74 Å². The van der Waals surface area contributed by atoms with E-state index in [1.165, 1.54) is 11.3 Å². The molecule has 7 heteroatoms. The van der Waals surface area contributed by atoms with E-state index in [-0.39, 0.29) is 6.04 Å². The number of para-hydroxylation sites is 1. The van der Waals surface area contributed by atoms with Gasteiger partial charge < -0.3 is 14.6 Å². The summed E-state index contributed by atoms with van der Waals surface area (Å²) in [5, 5.41) is 12.4. The molecule has 3 heterocycles. The third kappa shape index (κ3) is 3.43. The van der Waals surface area contributed by atoms with Crippen molar-refractivity contribution >= 4 is 5.69 Å². The summed E-state index contributed by atoms with van der Waals surface area (Å²) < 4.78 is 9.57. The number of hydrogen-bond donors (Lipinski definition) is 1. The maximum Gasteiger partial charge on any atom is 0.143 e. The first-order valence-corrected chi connectivity index (χ1v) is 10.1. The van der Waals surface area contributed by atoms with Crippen LogP contribution in [0.25, 0.3) is 16.9 Å². The van der Waals surface area contributed by atoms with E-state index in [1.54, 1.807) is 13.4 Å². The molecule has 30 heavy (non-hydrogen) atoms. The van der Waals surface area contributed by atoms with Gasteiger partial charge in [-0.15, -0.1) is 5.10 Å². The number of fused-ring (bicyclic) bond motifs is 1. The van der Waals surface area contributed by atoms with Crippen LogP contribution in [-0.2, 0) is 6.42 Å². The zero-order valence-corrected chi connectivity index (χ0v) is 17.1. The lowest BCUT2D eigenvalue weighted by Crippen LogP contribution is -2.18. The van der Waals surface area contributed by atoms with Gasteiger partial charge in [0, 0.05) is 24.0 Å². The first-order chi connectivity index (χ1) is 14.7. The summed E-state index contributed by atoms with van der Waals surface area (Å²) in [6.07, 6.45) is 7.84. The van der Waals surface area contributed by atoms with E-state index < -0.39 is 0 Å². The molecule has 1 aliphatic heterocycles. The molecule has 0 aliphatic carbocycles. The van der Waals surface area contributed by atoms with Crippen molar-refractivity contribution in [2.45, 2.75) is 25.8 Å². The number of benzene rings is 2. The summed E-state index contributed by atoms with van der Waals surface area (Å²) in [6, 6.07) is 14.8. The van der Waals surface area contributed by atoms with Crippen LogP contribution in [0.1, 0.15) is 23.7 Å². The van der Waals surface area contributed by atoms with Gasteiger partial charge in [-0.05, 0) is 43.5 Å². The smallest absolute Gasteiger partial charge is 0.143 e. The fourth-order valence-electron chi connectivity index (χ4n) is 3.98. The second-order valence-electron chi connectivity index (χ2n) is 7.62. The highest BCUT2D eigenvalue weighted by molar-refractivity contribution is 5.64. The number of ether oxygens (including phenoxy) is 1. The van der Waals surface area contributed by atoms with Crippen LogP contribution in [0.5, 0.6) is 5.75 Å². The number of imidazole rings is 1. The van der Waals surface area contributed by atoms with Gasteiger partial charge in [0.25, 0.3) is 0 Å². The van der Waals surface area contributed by atoms with E-state index in [1.807, 2.05) is 46.8 Å². The van der Waals surface area contributed by atoms with Gasteiger partial charge in [0.2, 0.25) is 0 Å². The molecule has 0 amide bonds. The van der Waals surface area contributed by atoms with E-state index in [0.717, 1.165) is 47.8 Å². The van der Waals surface area contributed by atoms with Gasteiger partial charge in [-0.25, -0.2) is 9.67 Å². The quantitative estimate of drug-likeness (QED) is 0.560. The number of hydrogen-bond acceptors (Lipinski definition) is 5. The van der Waals surface area contributed by atoms with Crippen LogP contribution in [0.2, 0.25) is 0 Å². The maximum atomic E-state index is 5.63. The number of methoxy groups -OCH3 is 1. The molecule has 1 unspecified atom stereocenters. The minimum atomic E-state index is 0.258. The minimum Gasteiger partial charge on any atom is -0.495 e. The summed E-state index contributed by atoms with van der Waals surface area (Å²) in [4.78, 5) is 4.30. The predicted octanol–water partition coefficient (Wildman–Crippen LogP) is 4.05. The lowest BCUT2D eigenvalue weighted by Gasteiger charge is -2.14. The van der Waals surface area contributed by atoms with Gasteiger partial charge in [-0.2, -0.15) is 0 Å². The van der Waals surface area contributed by atoms with Crippen LogP contribution < -0.4 is 10.1 Å². The van der Waals surface area contributed by atoms with Gasteiger partial charge in [0.1, 0.15) is 11.4 Å². The third-order valence-electron chi connectivity index (χ3n) is 5.64. The molecule has 1 aliphatic rings. The number of rotatable bonds is 4. The second kappa shape index (κ2) is 7.67. The Kier molecular flexibility index (Phi) is 4.71. The molecule has 0 fully saturated rings. The molecule has 1 N–H and O–H groups in total. The molecule has 0 spiro atoms. The molecule has 0 bridgehead atoms. The second-order valence-corrected chi connectivity index (χ2v) is 7.62. The van der Waals surface area contributed by atoms with Crippen molar-refractivity contribution in [3.63, 3.8) is 0 Å². The van der Waals surface area contributed by atoms with Gasteiger partial charge in [0.05, 0.1) is 37.1 Å². The Morgan fingerprint density at radius 1 is 1.13 bits per heavy atom. The van der Waals surface area contributed by atoms with E-state index in [9.17, 15) is 0 Å². The summed E-state index contributed by atoms with van der Waals surface area (Å²) in [6.45, 7) is 2.80. The van der Waals surface area contributed by atoms with Crippen molar-refractivity contribution in [2.75, 3.05) is 19.0 Å². The highest BCUT2D eigenvalue weighted by Gasteiger charge is 2.19. The minimum absolute atomic E-state index is 0.258.